The third-order valence-corrected chi connectivity index (χ3v) is 5.30. The molecule has 3 aromatic rings. The van der Waals surface area contributed by atoms with E-state index < -0.39 is 59.0 Å². The van der Waals surface area contributed by atoms with Gasteiger partial charge in [-0.05, 0) is 29.8 Å². The molecule has 2 heterocycles. The van der Waals surface area contributed by atoms with Crippen molar-refractivity contribution in [2.24, 2.45) is 0 Å². The Morgan fingerprint density at radius 1 is 1.17 bits per heavy atom. The summed E-state index contributed by atoms with van der Waals surface area (Å²) in [5.74, 6) is -9.86. The number of nitrogen functional groups attached to an aromatic ring is 1. The number of hydrogen-bond donors (Lipinski definition) is 1. The maximum atomic E-state index is 14.6. The first kappa shape index (κ1) is 26.9. The first-order valence-corrected chi connectivity index (χ1v) is 10.4. The van der Waals surface area contributed by atoms with Gasteiger partial charge in [-0.2, -0.15) is 18.2 Å². The minimum atomic E-state index is -5.56. The molecule has 1 aromatic carbocycles. The Bertz CT molecular complexity index is 1410. The predicted octanol–water partition coefficient (Wildman–Crippen LogP) is 3.51. The molecule has 192 valence electrons. The van der Waals surface area contributed by atoms with E-state index in [-0.39, 0.29) is 28.7 Å². The number of halogens is 7. The van der Waals surface area contributed by atoms with Gasteiger partial charge in [0.1, 0.15) is 34.4 Å². The van der Waals surface area contributed by atoms with Crippen molar-refractivity contribution in [3.63, 3.8) is 0 Å². The molecule has 0 saturated carbocycles. The topological polar surface area (TPSA) is 122 Å². The minimum Gasteiger partial charge on any atom is -0.472 e. The van der Waals surface area contributed by atoms with E-state index in [9.17, 15) is 35.9 Å². The average Bonchev–Trinajstić information content (AvgIpc) is 2.77. The summed E-state index contributed by atoms with van der Waals surface area (Å²) < 4.78 is 89.5. The first-order chi connectivity index (χ1) is 16.7. The quantitative estimate of drug-likeness (QED) is 0.266. The van der Waals surface area contributed by atoms with Gasteiger partial charge in [-0.3, -0.25) is 9.36 Å². The molecular formula is C20H14BrF6N5O4. The van der Waals surface area contributed by atoms with Crippen LogP contribution in [0, 0.1) is 31.3 Å². The molecule has 0 aliphatic heterocycles. The molecular weight excluding hydrogens is 568 g/mol. The Morgan fingerprint density at radius 2 is 1.83 bits per heavy atom. The number of anilines is 1. The molecule has 0 unspecified atom stereocenters. The van der Waals surface area contributed by atoms with Crippen molar-refractivity contribution in [2.75, 3.05) is 5.73 Å². The number of esters is 1. The summed E-state index contributed by atoms with van der Waals surface area (Å²) in [6, 6.07) is 0.0144. The highest BCUT2D eigenvalue weighted by Gasteiger charge is 2.42. The zero-order chi connectivity index (χ0) is 26.9. The molecule has 0 spiro atoms. The summed E-state index contributed by atoms with van der Waals surface area (Å²) in [6.07, 6.45) is -4.14. The molecule has 0 bridgehead atoms. The summed E-state index contributed by atoms with van der Waals surface area (Å²) in [5.41, 5.74) is 4.48. The van der Waals surface area contributed by atoms with Crippen molar-refractivity contribution in [2.45, 2.75) is 33.2 Å². The number of ether oxygens (including phenoxy) is 2. The molecule has 36 heavy (non-hydrogen) atoms. The van der Waals surface area contributed by atoms with Gasteiger partial charge >= 0.3 is 12.1 Å². The van der Waals surface area contributed by atoms with Gasteiger partial charge in [0.05, 0.1) is 12.1 Å². The van der Waals surface area contributed by atoms with Crippen LogP contribution in [0.25, 0.3) is 0 Å². The van der Waals surface area contributed by atoms with Crippen molar-refractivity contribution in [3.05, 3.63) is 67.3 Å². The first-order valence-electron chi connectivity index (χ1n) is 9.63. The van der Waals surface area contributed by atoms with Gasteiger partial charge in [0.15, 0.2) is 11.6 Å². The van der Waals surface area contributed by atoms with Gasteiger partial charge in [0.25, 0.3) is 5.56 Å². The highest BCUT2D eigenvalue weighted by molar-refractivity contribution is 9.10. The molecule has 0 aliphatic carbocycles. The zero-order valence-corrected chi connectivity index (χ0v) is 19.8. The Labute approximate surface area is 206 Å². The molecule has 0 amide bonds. The molecule has 2 N–H and O–H groups in total. The lowest BCUT2D eigenvalue weighted by atomic mass is 10.2. The van der Waals surface area contributed by atoms with E-state index in [1.165, 1.54) is 17.7 Å². The van der Waals surface area contributed by atoms with Gasteiger partial charge < -0.3 is 15.2 Å². The van der Waals surface area contributed by atoms with Gasteiger partial charge in [-0.1, -0.05) is 0 Å². The fourth-order valence-corrected chi connectivity index (χ4v) is 3.24. The number of aromatic nitrogens is 4. The smallest absolute Gasteiger partial charge is 0.472 e. The molecule has 0 atom stereocenters. The second-order valence-corrected chi connectivity index (χ2v) is 7.93. The average molecular weight is 582 g/mol. The van der Waals surface area contributed by atoms with E-state index in [0.29, 0.717) is 11.4 Å². The van der Waals surface area contributed by atoms with Gasteiger partial charge in [0, 0.05) is 17.8 Å². The van der Waals surface area contributed by atoms with Crippen molar-refractivity contribution in [1.82, 2.24) is 19.5 Å². The number of hydrogen-bond acceptors (Lipinski definition) is 8. The standard InChI is InChI=1S/C20H14BrF6N5O4/c1-7-29-4-9(16(28)30-7)5-32-8(2)31-17(13(21)18(32)33)35-6-10-11(22)3-12(23)15(14(10)24)36-19(34)20(25,26)27/h3-4H,5-6H2,1-2H3,(H2,28,29,30). The van der Waals surface area contributed by atoms with Crippen molar-refractivity contribution in [3.8, 4) is 11.6 Å². The Balaban J connectivity index is 1.90. The summed E-state index contributed by atoms with van der Waals surface area (Å²) in [7, 11) is 0. The molecule has 16 heteroatoms. The van der Waals surface area contributed by atoms with Crippen molar-refractivity contribution >= 4 is 27.7 Å². The molecule has 0 aliphatic rings. The third kappa shape index (κ3) is 5.58. The number of nitrogens with zero attached hydrogens (tertiary/aromatic N) is 4. The lowest BCUT2D eigenvalue weighted by Crippen LogP contribution is -2.29. The van der Waals surface area contributed by atoms with Crippen LogP contribution >= 0.6 is 15.9 Å². The lowest BCUT2D eigenvalue weighted by Gasteiger charge is -2.15. The highest BCUT2D eigenvalue weighted by atomic mass is 79.9. The molecule has 9 nitrogen and oxygen atoms in total. The summed E-state index contributed by atoms with van der Waals surface area (Å²) >= 11 is 2.97. The number of aryl methyl sites for hydroxylation is 2. The molecule has 2 aromatic heterocycles. The van der Waals surface area contributed by atoms with Crippen LogP contribution in [0.2, 0.25) is 0 Å². The van der Waals surface area contributed by atoms with Gasteiger partial charge in [-0.25, -0.2) is 27.9 Å². The van der Waals surface area contributed by atoms with E-state index in [2.05, 4.69) is 35.6 Å². The maximum Gasteiger partial charge on any atom is 0.491 e. The zero-order valence-electron chi connectivity index (χ0n) is 18.2. The Morgan fingerprint density at radius 3 is 2.44 bits per heavy atom. The van der Waals surface area contributed by atoms with E-state index in [1.54, 1.807) is 6.92 Å². The van der Waals surface area contributed by atoms with Crippen molar-refractivity contribution in [1.29, 1.82) is 0 Å². The van der Waals surface area contributed by atoms with Crippen LogP contribution in [0.4, 0.5) is 32.2 Å². The monoisotopic (exact) mass is 581 g/mol. The summed E-state index contributed by atoms with van der Waals surface area (Å²) in [6.45, 7) is 1.91. The van der Waals surface area contributed by atoms with Crippen LogP contribution < -0.4 is 20.8 Å². The van der Waals surface area contributed by atoms with Crippen LogP contribution in [0.3, 0.4) is 0 Å². The molecule has 0 radical (unpaired) electrons. The van der Waals surface area contributed by atoms with Crippen LogP contribution in [0.1, 0.15) is 22.8 Å². The number of nitrogens with two attached hydrogens (primary N) is 1. The molecule has 3 rings (SSSR count). The number of carbonyl (C=O) groups excluding carboxylic acids is 1. The number of rotatable bonds is 6. The second-order valence-electron chi connectivity index (χ2n) is 7.13. The van der Waals surface area contributed by atoms with E-state index in [4.69, 9.17) is 10.5 Å². The van der Waals surface area contributed by atoms with Crippen LogP contribution in [-0.4, -0.2) is 31.7 Å². The lowest BCUT2D eigenvalue weighted by molar-refractivity contribution is -0.190. The fourth-order valence-electron chi connectivity index (χ4n) is 2.83. The van der Waals surface area contributed by atoms with E-state index in [1.807, 2.05) is 0 Å². The van der Waals surface area contributed by atoms with Crippen molar-refractivity contribution < 1.29 is 40.6 Å². The van der Waals surface area contributed by atoms with Gasteiger partial charge in [0.2, 0.25) is 11.6 Å². The van der Waals surface area contributed by atoms with Crippen LogP contribution in [0.15, 0.2) is 21.5 Å². The van der Waals surface area contributed by atoms with Crippen LogP contribution in [0.5, 0.6) is 11.6 Å². The maximum absolute atomic E-state index is 14.6. The second kappa shape index (κ2) is 10.1. The fraction of sp³-hybridized carbons (Fsp3) is 0.250. The normalized spacial score (nSPS) is 11.5. The Hall–Kier alpha value is -3.69. The number of benzene rings is 1. The number of carbonyl (C=O) groups is 1. The summed E-state index contributed by atoms with van der Waals surface area (Å²) in [4.78, 5) is 35.8. The van der Waals surface area contributed by atoms with E-state index in [0.717, 1.165) is 0 Å². The summed E-state index contributed by atoms with van der Waals surface area (Å²) in [5, 5.41) is 0. The largest absolute Gasteiger partial charge is 0.491 e. The molecule has 0 fully saturated rings. The predicted molar refractivity (Wildman–Crippen MR) is 114 cm³/mol. The van der Waals surface area contributed by atoms with E-state index >= 15 is 0 Å². The van der Waals surface area contributed by atoms with Crippen LogP contribution in [-0.2, 0) is 17.9 Å². The van der Waals surface area contributed by atoms with Gasteiger partial charge in [-0.15, -0.1) is 0 Å². The highest BCUT2D eigenvalue weighted by Crippen LogP contribution is 2.31. The SMILES string of the molecule is Cc1ncc(Cn2c(C)nc(OCc3c(F)cc(F)c(OC(=O)C(F)(F)F)c3F)c(Br)c2=O)c(N)n1. The third-order valence-electron chi connectivity index (χ3n) is 4.62. The Kier molecular flexibility index (Phi) is 7.56. The number of alkyl halides is 3. The minimum absolute atomic E-state index is 0.0144. The molecule has 0 saturated heterocycles.